The van der Waals surface area contributed by atoms with Crippen LogP contribution < -0.4 is 15.4 Å². The first-order chi connectivity index (χ1) is 16.4. The van der Waals surface area contributed by atoms with Crippen LogP contribution in [0.1, 0.15) is 41.3 Å². The summed E-state index contributed by atoms with van der Waals surface area (Å²) in [5.74, 6) is 0.980. The van der Waals surface area contributed by atoms with Crippen LogP contribution in [0.5, 0.6) is 5.75 Å². The van der Waals surface area contributed by atoms with Crippen molar-refractivity contribution in [2.45, 2.75) is 33.6 Å². The smallest absolute Gasteiger partial charge is 0.257 e. The second kappa shape index (κ2) is 10.5. The van der Waals surface area contributed by atoms with E-state index in [-0.39, 0.29) is 11.0 Å². The Kier molecular flexibility index (Phi) is 7.23. The van der Waals surface area contributed by atoms with Crippen LogP contribution in [0.4, 0.5) is 5.69 Å². The van der Waals surface area contributed by atoms with E-state index in [1.165, 1.54) is 0 Å². The molecule has 0 unspecified atom stereocenters. The summed E-state index contributed by atoms with van der Waals surface area (Å²) in [5.41, 5.74) is 5.71. The normalized spacial score (nSPS) is 10.8. The van der Waals surface area contributed by atoms with Crippen LogP contribution >= 0.6 is 12.2 Å². The van der Waals surface area contributed by atoms with Gasteiger partial charge in [-0.3, -0.25) is 10.1 Å². The largest absolute Gasteiger partial charge is 0.494 e. The molecule has 1 heterocycles. The summed E-state index contributed by atoms with van der Waals surface area (Å²) in [4.78, 5) is 17.2. The predicted molar refractivity (Wildman–Crippen MR) is 139 cm³/mol. The molecule has 0 spiro atoms. The van der Waals surface area contributed by atoms with Crippen LogP contribution in [-0.4, -0.2) is 22.6 Å². The van der Waals surface area contributed by atoms with Crippen molar-refractivity contribution in [2.75, 3.05) is 11.9 Å². The summed E-state index contributed by atoms with van der Waals surface area (Å²) >= 11 is 5.39. The van der Waals surface area contributed by atoms with Crippen molar-refractivity contribution >= 4 is 40.0 Å². The molecule has 0 atom stereocenters. The summed E-state index contributed by atoms with van der Waals surface area (Å²) in [6, 6.07) is 18.8. The number of hydrogen-bond acceptors (Lipinski definition) is 5. The number of thiocarbonyl (C=S) groups is 1. The van der Waals surface area contributed by atoms with E-state index in [0.29, 0.717) is 18.1 Å². The Balaban J connectivity index is 1.42. The lowest BCUT2D eigenvalue weighted by atomic mass is 10.1. The molecular weight excluding hydrogens is 446 g/mol. The molecule has 0 fully saturated rings. The molecular formula is C27H27N3O3S. The minimum atomic E-state index is -0.291. The molecule has 7 heteroatoms. The van der Waals surface area contributed by atoms with Crippen molar-refractivity contribution in [2.24, 2.45) is 0 Å². The maximum absolute atomic E-state index is 12.6. The third-order valence-electron chi connectivity index (χ3n) is 5.39. The summed E-state index contributed by atoms with van der Waals surface area (Å²) in [6.07, 6.45) is 2.07. The number of nitrogens with one attached hydrogen (secondary N) is 2. The molecule has 0 saturated carbocycles. The Bertz CT molecular complexity index is 1330. The van der Waals surface area contributed by atoms with Gasteiger partial charge in [0.2, 0.25) is 5.89 Å². The van der Waals surface area contributed by atoms with Gasteiger partial charge in [-0.05, 0) is 92.1 Å². The highest BCUT2D eigenvalue weighted by Gasteiger charge is 2.13. The predicted octanol–water partition coefficient (Wildman–Crippen LogP) is 6.42. The summed E-state index contributed by atoms with van der Waals surface area (Å²) in [5, 5.41) is 6.06. The standard InChI is InChI=1S/C27H27N3O3S/c1-4-5-14-32-21-11-9-19(10-12-21)25(31)30-27(34)29-23-16-20(8-7-18(23)3)26-28-22-13-6-17(2)15-24(22)33-26/h6-13,15-16H,4-5,14H2,1-3H3,(H2,29,30,31,34). The van der Waals surface area contributed by atoms with Crippen molar-refractivity contribution in [1.82, 2.24) is 10.3 Å². The lowest BCUT2D eigenvalue weighted by molar-refractivity contribution is 0.0977. The lowest BCUT2D eigenvalue weighted by Crippen LogP contribution is -2.34. The maximum atomic E-state index is 12.6. The molecule has 0 radical (unpaired) electrons. The zero-order chi connectivity index (χ0) is 24.1. The lowest BCUT2D eigenvalue weighted by Gasteiger charge is -2.13. The van der Waals surface area contributed by atoms with Gasteiger partial charge in [-0.25, -0.2) is 4.98 Å². The van der Waals surface area contributed by atoms with E-state index in [2.05, 4.69) is 22.5 Å². The summed E-state index contributed by atoms with van der Waals surface area (Å²) in [7, 11) is 0. The van der Waals surface area contributed by atoms with E-state index in [0.717, 1.165) is 52.1 Å². The van der Waals surface area contributed by atoms with Gasteiger partial charge in [0, 0.05) is 16.8 Å². The van der Waals surface area contributed by atoms with Crippen molar-refractivity contribution in [3.8, 4) is 17.2 Å². The third kappa shape index (κ3) is 5.61. The van der Waals surface area contributed by atoms with Gasteiger partial charge in [0.25, 0.3) is 5.91 Å². The molecule has 0 aliphatic heterocycles. The average molecular weight is 474 g/mol. The number of oxazole rings is 1. The number of nitrogens with zero attached hydrogens (tertiary/aromatic N) is 1. The molecule has 1 aromatic heterocycles. The second-order valence-electron chi connectivity index (χ2n) is 8.15. The second-order valence-corrected chi connectivity index (χ2v) is 8.56. The topological polar surface area (TPSA) is 76.4 Å². The number of hydrogen-bond donors (Lipinski definition) is 2. The summed E-state index contributed by atoms with van der Waals surface area (Å²) in [6.45, 7) is 6.75. The van der Waals surface area contributed by atoms with Gasteiger partial charge in [0.05, 0.1) is 6.61 Å². The average Bonchev–Trinajstić information content (AvgIpc) is 3.24. The number of benzene rings is 3. The highest BCUT2D eigenvalue weighted by molar-refractivity contribution is 7.80. The Morgan fingerprint density at radius 3 is 2.62 bits per heavy atom. The SMILES string of the molecule is CCCCOc1ccc(C(=O)NC(=S)Nc2cc(-c3nc4ccc(C)cc4o3)ccc2C)cc1. The number of fused-ring (bicyclic) bond motifs is 1. The van der Waals surface area contributed by atoms with Gasteiger partial charge in [0.1, 0.15) is 11.3 Å². The van der Waals surface area contributed by atoms with Gasteiger partial charge in [-0.15, -0.1) is 0 Å². The number of carbonyl (C=O) groups is 1. The van der Waals surface area contributed by atoms with Crippen LogP contribution in [0.15, 0.2) is 65.1 Å². The first-order valence-electron chi connectivity index (χ1n) is 11.3. The van der Waals surface area contributed by atoms with Crippen molar-refractivity contribution in [3.63, 3.8) is 0 Å². The first kappa shape index (κ1) is 23.4. The molecule has 4 aromatic rings. The van der Waals surface area contributed by atoms with E-state index in [1.807, 2.05) is 50.2 Å². The number of unbranched alkanes of at least 4 members (excludes halogenated alkanes) is 1. The van der Waals surface area contributed by atoms with E-state index >= 15 is 0 Å². The first-order valence-corrected chi connectivity index (χ1v) is 11.7. The van der Waals surface area contributed by atoms with E-state index in [9.17, 15) is 4.79 Å². The Labute approximate surface area is 204 Å². The molecule has 3 aromatic carbocycles. The highest BCUT2D eigenvalue weighted by atomic mass is 32.1. The number of aryl methyl sites for hydroxylation is 2. The molecule has 0 aliphatic carbocycles. The molecule has 174 valence electrons. The van der Waals surface area contributed by atoms with Crippen LogP contribution in [-0.2, 0) is 0 Å². The number of anilines is 1. The number of carbonyl (C=O) groups excluding carboxylic acids is 1. The van der Waals surface area contributed by atoms with E-state index in [4.69, 9.17) is 21.4 Å². The number of amides is 1. The van der Waals surface area contributed by atoms with E-state index < -0.39 is 0 Å². The van der Waals surface area contributed by atoms with Gasteiger partial charge >= 0.3 is 0 Å². The molecule has 0 bridgehead atoms. The van der Waals surface area contributed by atoms with Crippen LogP contribution in [0, 0.1) is 13.8 Å². The number of ether oxygens (including phenoxy) is 1. The highest BCUT2D eigenvalue weighted by Crippen LogP contribution is 2.28. The van der Waals surface area contributed by atoms with Crippen molar-refractivity contribution in [1.29, 1.82) is 0 Å². The molecule has 0 saturated heterocycles. The molecule has 0 aliphatic rings. The fourth-order valence-corrected chi connectivity index (χ4v) is 3.61. The molecule has 6 nitrogen and oxygen atoms in total. The Morgan fingerprint density at radius 2 is 1.85 bits per heavy atom. The monoisotopic (exact) mass is 473 g/mol. The number of rotatable bonds is 7. The molecule has 2 N–H and O–H groups in total. The van der Waals surface area contributed by atoms with Gasteiger partial charge in [0.15, 0.2) is 10.7 Å². The zero-order valence-electron chi connectivity index (χ0n) is 19.5. The van der Waals surface area contributed by atoms with Crippen LogP contribution in [0.2, 0.25) is 0 Å². The van der Waals surface area contributed by atoms with Gasteiger partial charge in [-0.2, -0.15) is 0 Å². The molecule has 34 heavy (non-hydrogen) atoms. The Morgan fingerprint density at radius 1 is 1.06 bits per heavy atom. The third-order valence-corrected chi connectivity index (χ3v) is 5.59. The summed E-state index contributed by atoms with van der Waals surface area (Å²) < 4.78 is 11.6. The zero-order valence-corrected chi connectivity index (χ0v) is 20.3. The number of aromatic nitrogens is 1. The van der Waals surface area contributed by atoms with Crippen LogP contribution in [0.25, 0.3) is 22.6 Å². The van der Waals surface area contributed by atoms with Crippen molar-refractivity contribution in [3.05, 3.63) is 77.4 Å². The van der Waals surface area contributed by atoms with E-state index in [1.54, 1.807) is 24.3 Å². The maximum Gasteiger partial charge on any atom is 0.257 e. The quantitative estimate of drug-likeness (QED) is 0.238. The fraction of sp³-hybridized carbons (Fsp3) is 0.222. The van der Waals surface area contributed by atoms with Crippen molar-refractivity contribution < 1.29 is 13.9 Å². The van der Waals surface area contributed by atoms with Gasteiger partial charge in [-0.1, -0.05) is 25.5 Å². The molecule has 4 rings (SSSR count). The molecule has 1 amide bonds. The Hall–Kier alpha value is -3.71. The van der Waals surface area contributed by atoms with Gasteiger partial charge < -0.3 is 14.5 Å². The minimum Gasteiger partial charge on any atom is -0.494 e. The fourth-order valence-electron chi connectivity index (χ4n) is 3.41. The minimum absolute atomic E-state index is 0.210. The van der Waals surface area contributed by atoms with Crippen LogP contribution in [0.3, 0.4) is 0 Å².